The molecule has 1 aliphatic carbocycles. The Hall–Kier alpha value is -3.40. The first-order valence-corrected chi connectivity index (χ1v) is 11.2. The number of pyridine rings is 1. The van der Waals surface area contributed by atoms with Crippen LogP contribution in [0.3, 0.4) is 0 Å². The van der Waals surface area contributed by atoms with E-state index in [1.807, 2.05) is 24.3 Å². The molecule has 1 aliphatic rings. The Bertz CT molecular complexity index is 1170. The maximum Gasteiger partial charge on any atom is 0.435 e. The zero-order chi connectivity index (χ0) is 25.2. The molecule has 10 heteroatoms. The largest absolute Gasteiger partial charge is 0.490 e. The highest BCUT2D eigenvalue weighted by atomic mass is 19.4. The summed E-state index contributed by atoms with van der Waals surface area (Å²) in [5.41, 5.74) is 0.108. The third kappa shape index (κ3) is 5.32. The van der Waals surface area contributed by atoms with Crippen LogP contribution in [0.5, 0.6) is 5.75 Å². The molecule has 4 rings (SSSR count). The number of imidazole rings is 1. The molecule has 2 heterocycles. The van der Waals surface area contributed by atoms with E-state index in [9.17, 15) is 23.1 Å². The number of nitrogens with zero attached hydrogens (tertiary/aromatic N) is 2. The first-order chi connectivity index (χ1) is 16.6. The van der Waals surface area contributed by atoms with Gasteiger partial charge < -0.3 is 19.6 Å². The van der Waals surface area contributed by atoms with Gasteiger partial charge in [0.2, 0.25) is 0 Å². The topological polar surface area (TPSA) is 97.3 Å². The highest BCUT2D eigenvalue weighted by Crippen LogP contribution is 2.38. The van der Waals surface area contributed by atoms with Crippen LogP contribution in [0.2, 0.25) is 0 Å². The predicted octanol–water partition coefficient (Wildman–Crippen LogP) is 5.50. The Labute approximate surface area is 200 Å². The van der Waals surface area contributed by atoms with Gasteiger partial charge in [-0.1, -0.05) is 0 Å². The van der Waals surface area contributed by atoms with E-state index in [1.165, 1.54) is 20.2 Å². The van der Waals surface area contributed by atoms with Crippen molar-refractivity contribution in [3.63, 3.8) is 0 Å². The SMILES string of the molecule is COCC1(C(=O)O)CCC(Oc2ccc(-c3ccc(-c4nc(C(F)(F)F)c(C)[nH]4)cn3)cc2)CC1. The molecular weight excluding hydrogens is 463 g/mol. The molecule has 186 valence electrons. The van der Waals surface area contributed by atoms with Crippen molar-refractivity contribution in [1.29, 1.82) is 0 Å². The molecule has 0 spiro atoms. The molecule has 0 radical (unpaired) electrons. The molecule has 1 saturated carbocycles. The average molecular weight is 489 g/mol. The Kier molecular flexibility index (Phi) is 6.84. The summed E-state index contributed by atoms with van der Waals surface area (Å²) < 4.78 is 50.2. The number of halogens is 3. The molecule has 2 aromatic heterocycles. The second-order valence-electron chi connectivity index (χ2n) is 8.85. The lowest BCUT2D eigenvalue weighted by molar-refractivity contribution is -0.156. The minimum absolute atomic E-state index is 0.0440. The number of aromatic amines is 1. The Morgan fingerprint density at radius 3 is 2.31 bits per heavy atom. The van der Waals surface area contributed by atoms with Crippen LogP contribution in [0.15, 0.2) is 42.6 Å². The van der Waals surface area contributed by atoms with E-state index in [-0.39, 0.29) is 24.2 Å². The van der Waals surface area contributed by atoms with E-state index in [2.05, 4.69) is 15.0 Å². The number of benzene rings is 1. The van der Waals surface area contributed by atoms with Crippen LogP contribution < -0.4 is 4.74 Å². The summed E-state index contributed by atoms with van der Waals surface area (Å²) in [4.78, 5) is 22.4. The van der Waals surface area contributed by atoms with Gasteiger partial charge in [0.05, 0.1) is 23.8 Å². The molecule has 2 N–H and O–H groups in total. The molecular formula is C25H26F3N3O4. The fourth-order valence-corrected chi connectivity index (χ4v) is 4.43. The van der Waals surface area contributed by atoms with Crippen LogP contribution in [0.25, 0.3) is 22.6 Å². The zero-order valence-electron chi connectivity index (χ0n) is 19.4. The van der Waals surface area contributed by atoms with Gasteiger partial charge in [0, 0.05) is 30.1 Å². The standard InChI is InChI=1S/C25H26F3N3O4/c1-15-21(25(26,27)28)31-22(30-15)17-5-8-20(29-13-17)16-3-6-18(7-4-16)35-19-9-11-24(12-10-19,14-34-2)23(32)33/h3-8,13,19H,9-12,14H2,1-2H3,(H,30,31)(H,32,33). The third-order valence-corrected chi connectivity index (χ3v) is 6.41. The van der Waals surface area contributed by atoms with Crippen molar-refractivity contribution in [3.8, 4) is 28.4 Å². The number of carboxylic acids is 1. The summed E-state index contributed by atoms with van der Waals surface area (Å²) >= 11 is 0. The van der Waals surface area contributed by atoms with Gasteiger partial charge in [-0.25, -0.2) is 4.98 Å². The lowest BCUT2D eigenvalue weighted by Crippen LogP contribution is -2.41. The number of hydrogen-bond donors (Lipinski definition) is 2. The molecule has 0 amide bonds. The number of alkyl halides is 3. The normalized spacial score (nSPS) is 20.5. The van der Waals surface area contributed by atoms with E-state index in [0.29, 0.717) is 42.7 Å². The number of H-pyrrole nitrogens is 1. The summed E-state index contributed by atoms with van der Waals surface area (Å²) in [6.45, 7) is 1.53. The fraction of sp³-hybridized carbons (Fsp3) is 0.400. The van der Waals surface area contributed by atoms with Crippen LogP contribution in [0.1, 0.15) is 37.1 Å². The second-order valence-corrected chi connectivity index (χ2v) is 8.85. The molecule has 1 aromatic carbocycles. The van der Waals surface area contributed by atoms with Crippen molar-refractivity contribution in [3.05, 3.63) is 54.0 Å². The quantitative estimate of drug-likeness (QED) is 0.455. The second kappa shape index (κ2) is 9.69. The summed E-state index contributed by atoms with van der Waals surface area (Å²) in [5, 5.41) is 9.58. The van der Waals surface area contributed by atoms with Gasteiger partial charge in [-0.3, -0.25) is 9.78 Å². The minimum Gasteiger partial charge on any atom is -0.490 e. The zero-order valence-corrected chi connectivity index (χ0v) is 19.4. The monoisotopic (exact) mass is 489 g/mol. The molecule has 1 fully saturated rings. The van der Waals surface area contributed by atoms with Gasteiger partial charge in [-0.05, 0) is 69.0 Å². The molecule has 35 heavy (non-hydrogen) atoms. The number of aromatic nitrogens is 3. The van der Waals surface area contributed by atoms with Crippen LogP contribution >= 0.6 is 0 Å². The van der Waals surface area contributed by atoms with Gasteiger partial charge in [0.15, 0.2) is 5.69 Å². The predicted molar refractivity (Wildman–Crippen MR) is 122 cm³/mol. The van der Waals surface area contributed by atoms with Crippen molar-refractivity contribution in [2.24, 2.45) is 5.41 Å². The number of carbonyl (C=O) groups is 1. The average Bonchev–Trinajstić information content (AvgIpc) is 3.23. The van der Waals surface area contributed by atoms with Crippen molar-refractivity contribution < 1.29 is 32.5 Å². The van der Waals surface area contributed by atoms with Gasteiger partial charge in [-0.2, -0.15) is 13.2 Å². The molecule has 3 aromatic rings. The number of hydrogen-bond acceptors (Lipinski definition) is 5. The first-order valence-electron chi connectivity index (χ1n) is 11.2. The van der Waals surface area contributed by atoms with E-state index < -0.39 is 23.3 Å². The number of rotatable bonds is 7. The van der Waals surface area contributed by atoms with Gasteiger partial charge in [0.1, 0.15) is 11.6 Å². The van der Waals surface area contributed by atoms with E-state index in [4.69, 9.17) is 9.47 Å². The minimum atomic E-state index is -4.52. The number of aryl methyl sites for hydroxylation is 1. The van der Waals surface area contributed by atoms with Gasteiger partial charge in [-0.15, -0.1) is 0 Å². The van der Waals surface area contributed by atoms with Gasteiger partial charge >= 0.3 is 12.1 Å². The lowest BCUT2D eigenvalue weighted by Gasteiger charge is -2.36. The highest BCUT2D eigenvalue weighted by Gasteiger charge is 2.42. The maximum atomic E-state index is 13.0. The van der Waals surface area contributed by atoms with Crippen molar-refractivity contribution in [2.45, 2.75) is 44.9 Å². The Morgan fingerprint density at radius 2 is 1.80 bits per heavy atom. The number of aliphatic carboxylic acids is 1. The number of nitrogens with one attached hydrogen (secondary N) is 1. The van der Waals surface area contributed by atoms with E-state index in [0.717, 1.165) is 5.56 Å². The molecule has 0 unspecified atom stereocenters. The number of methoxy groups -OCH3 is 1. The van der Waals surface area contributed by atoms with Crippen molar-refractivity contribution >= 4 is 5.97 Å². The summed E-state index contributed by atoms with van der Waals surface area (Å²) in [6, 6.07) is 10.7. The third-order valence-electron chi connectivity index (χ3n) is 6.41. The first kappa shape index (κ1) is 24.7. The maximum absolute atomic E-state index is 13.0. The van der Waals surface area contributed by atoms with Crippen LogP contribution in [-0.4, -0.2) is 45.8 Å². The molecule has 0 saturated heterocycles. The summed E-state index contributed by atoms with van der Waals surface area (Å²) in [5.74, 6) is -0.0400. The Balaban J connectivity index is 1.39. The van der Waals surface area contributed by atoms with Crippen molar-refractivity contribution in [1.82, 2.24) is 15.0 Å². The fourth-order valence-electron chi connectivity index (χ4n) is 4.43. The molecule has 0 aliphatic heterocycles. The lowest BCUT2D eigenvalue weighted by atomic mass is 9.73. The smallest absolute Gasteiger partial charge is 0.435 e. The number of ether oxygens (including phenoxy) is 2. The molecule has 7 nitrogen and oxygen atoms in total. The summed E-state index contributed by atoms with van der Waals surface area (Å²) in [6.07, 6.45) is -0.859. The van der Waals surface area contributed by atoms with E-state index in [1.54, 1.807) is 12.1 Å². The van der Waals surface area contributed by atoms with Crippen LogP contribution in [0.4, 0.5) is 13.2 Å². The Morgan fingerprint density at radius 1 is 1.14 bits per heavy atom. The van der Waals surface area contributed by atoms with E-state index >= 15 is 0 Å². The van der Waals surface area contributed by atoms with Crippen LogP contribution in [-0.2, 0) is 15.7 Å². The number of carboxylic acid groups (broad SMARTS) is 1. The van der Waals surface area contributed by atoms with Crippen LogP contribution in [0, 0.1) is 12.3 Å². The van der Waals surface area contributed by atoms with Crippen molar-refractivity contribution in [2.75, 3.05) is 13.7 Å². The highest BCUT2D eigenvalue weighted by molar-refractivity contribution is 5.75. The van der Waals surface area contributed by atoms with Gasteiger partial charge in [0.25, 0.3) is 0 Å². The summed E-state index contributed by atoms with van der Waals surface area (Å²) in [7, 11) is 1.51. The molecule has 0 bridgehead atoms. The molecule has 0 atom stereocenters.